The summed E-state index contributed by atoms with van der Waals surface area (Å²) in [6.07, 6.45) is 0.414. The Morgan fingerprint density at radius 1 is 1.50 bits per heavy atom. The monoisotopic (exact) mass is 249 g/mol. The molecule has 96 valence electrons. The first kappa shape index (κ1) is 12.6. The Hall–Kier alpha value is -1.84. The fourth-order valence-electron chi connectivity index (χ4n) is 2.27. The largest absolute Gasteiger partial charge is 0.481 e. The van der Waals surface area contributed by atoms with Crippen molar-refractivity contribution in [3.05, 3.63) is 35.8 Å². The Bertz CT molecular complexity index is 589. The molecule has 18 heavy (non-hydrogen) atoms. The molecule has 0 bridgehead atoms. The van der Waals surface area contributed by atoms with Crippen molar-refractivity contribution in [1.29, 1.82) is 0 Å². The highest BCUT2D eigenvalue weighted by molar-refractivity contribution is 5.82. The van der Waals surface area contributed by atoms with Crippen molar-refractivity contribution < 1.29 is 14.3 Å². The number of rotatable bonds is 4. The highest BCUT2D eigenvalue weighted by Gasteiger charge is 2.17. The first-order valence-corrected chi connectivity index (χ1v) is 6.04. The Morgan fingerprint density at radius 2 is 2.22 bits per heavy atom. The number of carbonyl (C=O) groups is 1. The number of nitrogens with zero attached hydrogens (tertiary/aromatic N) is 1. The van der Waals surface area contributed by atoms with E-state index in [0.29, 0.717) is 18.5 Å². The zero-order valence-electron chi connectivity index (χ0n) is 10.5. The van der Waals surface area contributed by atoms with E-state index >= 15 is 0 Å². The second-order valence-electron chi connectivity index (χ2n) is 4.50. The zero-order valence-corrected chi connectivity index (χ0v) is 10.5. The van der Waals surface area contributed by atoms with Crippen molar-refractivity contribution in [2.75, 3.05) is 0 Å². The molecule has 1 N–H and O–H groups in total. The third-order valence-corrected chi connectivity index (χ3v) is 3.21. The molecule has 0 spiro atoms. The third-order valence-electron chi connectivity index (χ3n) is 3.21. The number of aryl methyl sites for hydroxylation is 1. The maximum absolute atomic E-state index is 13.8. The topological polar surface area (TPSA) is 42.2 Å². The van der Waals surface area contributed by atoms with Gasteiger partial charge in [0, 0.05) is 24.0 Å². The molecule has 0 aliphatic rings. The summed E-state index contributed by atoms with van der Waals surface area (Å²) in [5, 5.41) is 9.78. The van der Waals surface area contributed by atoms with Gasteiger partial charge in [-0.05, 0) is 19.1 Å². The Balaban J connectivity index is 2.51. The minimum Gasteiger partial charge on any atom is -0.481 e. The van der Waals surface area contributed by atoms with E-state index in [0.717, 1.165) is 11.1 Å². The van der Waals surface area contributed by atoms with Crippen LogP contribution in [0.2, 0.25) is 0 Å². The van der Waals surface area contributed by atoms with Crippen molar-refractivity contribution in [2.24, 2.45) is 5.92 Å². The van der Waals surface area contributed by atoms with Gasteiger partial charge < -0.3 is 9.67 Å². The van der Waals surface area contributed by atoms with Crippen molar-refractivity contribution >= 4 is 16.9 Å². The standard InChI is InChI=1S/C14H16FNO2/c1-3-16-11(7-9(2)14(17)18)8-10-5-4-6-12(15)13(10)16/h4-6,8-9H,3,7H2,1-2H3,(H,17,18). The number of aromatic nitrogens is 1. The molecule has 0 saturated heterocycles. The Labute approximate surface area is 105 Å². The molecule has 2 aromatic rings. The molecule has 2 rings (SSSR count). The number of carboxylic acid groups (broad SMARTS) is 1. The molecule has 1 atom stereocenters. The van der Waals surface area contributed by atoms with Crippen LogP contribution >= 0.6 is 0 Å². The van der Waals surface area contributed by atoms with E-state index < -0.39 is 11.9 Å². The second kappa shape index (κ2) is 4.80. The Kier molecular flexibility index (Phi) is 3.36. The lowest BCUT2D eigenvalue weighted by Crippen LogP contribution is -2.14. The van der Waals surface area contributed by atoms with Crippen LogP contribution in [0, 0.1) is 11.7 Å². The van der Waals surface area contributed by atoms with E-state index in [9.17, 15) is 9.18 Å². The van der Waals surface area contributed by atoms with Gasteiger partial charge in [-0.1, -0.05) is 19.1 Å². The SMILES string of the molecule is CCn1c(CC(C)C(=O)O)cc2cccc(F)c21. The molecule has 4 heteroatoms. The van der Waals surface area contributed by atoms with E-state index in [-0.39, 0.29) is 5.82 Å². The predicted molar refractivity (Wildman–Crippen MR) is 68.1 cm³/mol. The van der Waals surface area contributed by atoms with E-state index in [2.05, 4.69) is 0 Å². The van der Waals surface area contributed by atoms with Gasteiger partial charge in [-0.25, -0.2) is 4.39 Å². The molecule has 0 saturated carbocycles. The van der Waals surface area contributed by atoms with Crippen molar-refractivity contribution in [3.8, 4) is 0 Å². The van der Waals surface area contributed by atoms with Gasteiger partial charge in [0.25, 0.3) is 0 Å². The molecule has 1 heterocycles. The average molecular weight is 249 g/mol. The van der Waals surface area contributed by atoms with Gasteiger partial charge in [0.1, 0.15) is 5.82 Å². The summed E-state index contributed by atoms with van der Waals surface area (Å²) in [7, 11) is 0. The van der Waals surface area contributed by atoms with E-state index in [1.54, 1.807) is 13.0 Å². The van der Waals surface area contributed by atoms with Gasteiger partial charge in [0.2, 0.25) is 0 Å². The molecule has 0 aliphatic carbocycles. The van der Waals surface area contributed by atoms with Crippen LogP contribution in [0.3, 0.4) is 0 Å². The molecule has 0 aliphatic heterocycles. The first-order valence-electron chi connectivity index (χ1n) is 6.04. The molecule has 0 radical (unpaired) electrons. The molecule has 0 fully saturated rings. The van der Waals surface area contributed by atoms with Crippen LogP contribution < -0.4 is 0 Å². The molecule has 1 unspecified atom stereocenters. The molecular weight excluding hydrogens is 233 g/mol. The minimum absolute atomic E-state index is 0.261. The van der Waals surface area contributed by atoms with Gasteiger partial charge in [-0.3, -0.25) is 4.79 Å². The summed E-state index contributed by atoms with van der Waals surface area (Å²) < 4.78 is 15.7. The number of benzene rings is 1. The van der Waals surface area contributed by atoms with Crippen LogP contribution in [0.15, 0.2) is 24.3 Å². The summed E-state index contributed by atoms with van der Waals surface area (Å²) in [6.45, 7) is 4.23. The summed E-state index contributed by atoms with van der Waals surface area (Å²) >= 11 is 0. The quantitative estimate of drug-likeness (QED) is 0.904. The maximum Gasteiger partial charge on any atom is 0.306 e. The number of para-hydroxylation sites is 1. The van der Waals surface area contributed by atoms with Gasteiger partial charge in [-0.2, -0.15) is 0 Å². The number of hydrogen-bond donors (Lipinski definition) is 1. The second-order valence-corrected chi connectivity index (χ2v) is 4.50. The predicted octanol–water partition coefficient (Wildman–Crippen LogP) is 3.06. The highest BCUT2D eigenvalue weighted by Crippen LogP contribution is 2.24. The number of fused-ring (bicyclic) bond motifs is 1. The molecular formula is C14H16FNO2. The number of halogens is 1. The van der Waals surface area contributed by atoms with Gasteiger partial charge in [0.15, 0.2) is 0 Å². The average Bonchev–Trinajstić information content (AvgIpc) is 2.67. The molecule has 3 nitrogen and oxygen atoms in total. The summed E-state index contributed by atoms with van der Waals surface area (Å²) in [4.78, 5) is 10.9. The fourth-order valence-corrected chi connectivity index (χ4v) is 2.27. The van der Waals surface area contributed by atoms with Crippen molar-refractivity contribution in [1.82, 2.24) is 4.57 Å². The molecule has 1 aromatic heterocycles. The van der Waals surface area contributed by atoms with Crippen LogP contribution in [-0.2, 0) is 17.8 Å². The van der Waals surface area contributed by atoms with Gasteiger partial charge in [0.05, 0.1) is 11.4 Å². The third kappa shape index (κ3) is 2.10. The smallest absolute Gasteiger partial charge is 0.306 e. The number of carboxylic acids is 1. The van der Waals surface area contributed by atoms with Crippen LogP contribution in [0.1, 0.15) is 19.5 Å². The van der Waals surface area contributed by atoms with E-state index in [4.69, 9.17) is 5.11 Å². The van der Waals surface area contributed by atoms with E-state index in [1.165, 1.54) is 6.07 Å². The summed E-state index contributed by atoms with van der Waals surface area (Å²) in [6, 6.07) is 6.82. The first-order chi connectivity index (χ1) is 8.54. The lowest BCUT2D eigenvalue weighted by atomic mass is 10.1. The normalized spacial score (nSPS) is 12.8. The lowest BCUT2D eigenvalue weighted by Gasteiger charge is -2.10. The van der Waals surface area contributed by atoms with Gasteiger partial charge >= 0.3 is 5.97 Å². The minimum atomic E-state index is -0.830. The number of hydrogen-bond acceptors (Lipinski definition) is 1. The van der Waals surface area contributed by atoms with Crippen LogP contribution in [-0.4, -0.2) is 15.6 Å². The summed E-state index contributed by atoms with van der Waals surface area (Å²) in [5.41, 5.74) is 1.43. The van der Waals surface area contributed by atoms with Crippen molar-refractivity contribution in [3.63, 3.8) is 0 Å². The lowest BCUT2D eigenvalue weighted by molar-refractivity contribution is -0.141. The zero-order chi connectivity index (χ0) is 13.3. The van der Waals surface area contributed by atoms with Crippen LogP contribution in [0.25, 0.3) is 10.9 Å². The number of aliphatic carboxylic acids is 1. The maximum atomic E-state index is 13.8. The van der Waals surface area contributed by atoms with Crippen LogP contribution in [0.4, 0.5) is 4.39 Å². The molecule has 1 aromatic carbocycles. The Morgan fingerprint density at radius 3 is 2.83 bits per heavy atom. The summed E-state index contributed by atoms with van der Waals surface area (Å²) in [5.74, 6) is -1.56. The van der Waals surface area contributed by atoms with Crippen molar-refractivity contribution in [2.45, 2.75) is 26.8 Å². The van der Waals surface area contributed by atoms with E-state index in [1.807, 2.05) is 23.6 Å². The fraction of sp³-hybridized carbons (Fsp3) is 0.357. The highest BCUT2D eigenvalue weighted by atomic mass is 19.1. The van der Waals surface area contributed by atoms with Crippen LogP contribution in [0.5, 0.6) is 0 Å². The molecule has 0 amide bonds. The van der Waals surface area contributed by atoms with Gasteiger partial charge in [-0.15, -0.1) is 0 Å².